The van der Waals surface area contributed by atoms with Gasteiger partial charge in [0.15, 0.2) is 0 Å². The standard InChI is InChI=1S/C11H16N4S2/c1-8(17-11-13-9(2)14-15-11)6-12-7-10-4-3-5-16-10/h3-5,8,12H,6-7H2,1-2H3,(H,13,14,15). The van der Waals surface area contributed by atoms with Gasteiger partial charge in [-0.25, -0.2) is 4.98 Å². The molecule has 0 saturated heterocycles. The number of thiophene rings is 1. The molecule has 0 aliphatic rings. The maximum absolute atomic E-state index is 4.28. The van der Waals surface area contributed by atoms with Gasteiger partial charge in [-0.15, -0.1) is 16.4 Å². The van der Waals surface area contributed by atoms with Crippen LogP contribution in [0.15, 0.2) is 22.7 Å². The number of hydrogen-bond donors (Lipinski definition) is 2. The highest BCUT2D eigenvalue weighted by atomic mass is 32.2. The smallest absolute Gasteiger partial charge is 0.208 e. The summed E-state index contributed by atoms with van der Waals surface area (Å²) in [4.78, 5) is 5.65. The molecule has 2 heterocycles. The second kappa shape index (κ2) is 6.18. The fraction of sp³-hybridized carbons (Fsp3) is 0.455. The van der Waals surface area contributed by atoms with Gasteiger partial charge in [0.2, 0.25) is 5.16 Å². The first kappa shape index (κ1) is 12.6. The highest BCUT2D eigenvalue weighted by molar-refractivity contribution is 7.99. The van der Waals surface area contributed by atoms with Gasteiger partial charge in [-0.2, -0.15) is 0 Å². The maximum Gasteiger partial charge on any atom is 0.208 e. The number of hydrogen-bond acceptors (Lipinski definition) is 5. The molecular weight excluding hydrogens is 252 g/mol. The first-order valence-electron chi connectivity index (χ1n) is 5.53. The molecule has 0 amide bonds. The molecule has 0 aliphatic carbocycles. The van der Waals surface area contributed by atoms with Crippen molar-refractivity contribution in [3.8, 4) is 0 Å². The van der Waals surface area contributed by atoms with Crippen LogP contribution in [-0.2, 0) is 6.54 Å². The summed E-state index contributed by atoms with van der Waals surface area (Å²) in [5.41, 5.74) is 0. The van der Waals surface area contributed by atoms with Crippen LogP contribution < -0.4 is 5.32 Å². The van der Waals surface area contributed by atoms with E-state index < -0.39 is 0 Å². The molecule has 4 nitrogen and oxygen atoms in total. The Bertz CT molecular complexity index is 438. The number of thioether (sulfide) groups is 1. The van der Waals surface area contributed by atoms with Crippen LogP contribution in [0.5, 0.6) is 0 Å². The molecule has 0 bridgehead atoms. The number of H-pyrrole nitrogens is 1. The van der Waals surface area contributed by atoms with E-state index in [-0.39, 0.29) is 0 Å². The van der Waals surface area contributed by atoms with Gasteiger partial charge < -0.3 is 5.32 Å². The molecule has 0 aromatic carbocycles. The van der Waals surface area contributed by atoms with E-state index in [1.165, 1.54) is 4.88 Å². The number of nitrogens with one attached hydrogen (secondary N) is 2. The molecule has 2 rings (SSSR count). The van der Waals surface area contributed by atoms with E-state index in [0.717, 1.165) is 24.1 Å². The molecule has 17 heavy (non-hydrogen) atoms. The van der Waals surface area contributed by atoms with Gasteiger partial charge >= 0.3 is 0 Å². The van der Waals surface area contributed by atoms with Crippen molar-refractivity contribution in [2.45, 2.75) is 30.8 Å². The molecule has 6 heteroatoms. The summed E-state index contributed by atoms with van der Waals surface area (Å²) in [6.07, 6.45) is 0. The molecule has 2 N–H and O–H groups in total. The van der Waals surface area contributed by atoms with Gasteiger partial charge in [0.25, 0.3) is 0 Å². The van der Waals surface area contributed by atoms with Crippen molar-refractivity contribution < 1.29 is 0 Å². The van der Waals surface area contributed by atoms with Crippen molar-refractivity contribution in [3.63, 3.8) is 0 Å². The number of nitrogens with zero attached hydrogens (tertiary/aromatic N) is 2. The van der Waals surface area contributed by atoms with Crippen LogP contribution in [0.1, 0.15) is 17.6 Å². The minimum Gasteiger partial charge on any atom is -0.311 e. The van der Waals surface area contributed by atoms with Crippen molar-refractivity contribution in [2.24, 2.45) is 0 Å². The van der Waals surface area contributed by atoms with E-state index in [0.29, 0.717) is 5.25 Å². The number of aryl methyl sites for hydroxylation is 1. The lowest BCUT2D eigenvalue weighted by Gasteiger charge is -2.09. The fourth-order valence-electron chi connectivity index (χ4n) is 1.41. The highest BCUT2D eigenvalue weighted by Crippen LogP contribution is 2.18. The second-order valence-corrected chi connectivity index (χ2v) is 6.28. The van der Waals surface area contributed by atoms with Crippen LogP contribution >= 0.6 is 23.1 Å². The van der Waals surface area contributed by atoms with Gasteiger partial charge in [-0.1, -0.05) is 24.8 Å². The Balaban J connectivity index is 1.69. The van der Waals surface area contributed by atoms with Crippen molar-refractivity contribution in [3.05, 3.63) is 28.2 Å². The summed E-state index contributed by atoms with van der Waals surface area (Å²) in [6.45, 7) is 5.99. The van der Waals surface area contributed by atoms with Crippen molar-refractivity contribution in [1.29, 1.82) is 0 Å². The van der Waals surface area contributed by atoms with Gasteiger partial charge in [0, 0.05) is 23.2 Å². The Labute approximate surface area is 109 Å². The van der Waals surface area contributed by atoms with Crippen LogP contribution in [0.25, 0.3) is 0 Å². The summed E-state index contributed by atoms with van der Waals surface area (Å²) < 4.78 is 0. The van der Waals surface area contributed by atoms with Crippen LogP contribution in [-0.4, -0.2) is 27.0 Å². The predicted octanol–water partition coefficient (Wildman–Crippen LogP) is 2.45. The maximum atomic E-state index is 4.28. The molecule has 2 aromatic rings. The van der Waals surface area contributed by atoms with Gasteiger partial charge in [-0.3, -0.25) is 5.10 Å². The van der Waals surface area contributed by atoms with Crippen LogP contribution in [0, 0.1) is 6.92 Å². The summed E-state index contributed by atoms with van der Waals surface area (Å²) in [5, 5.41) is 13.8. The molecule has 0 radical (unpaired) electrons. The minimum atomic E-state index is 0.463. The average Bonchev–Trinajstić information content (AvgIpc) is 2.90. The minimum absolute atomic E-state index is 0.463. The van der Waals surface area contributed by atoms with Crippen molar-refractivity contribution in [1.82, 2.24) is 20.5 Å². The SMILES string of the molecule is Cc1nc(SC(C)CNCc2cccs2)n[nH]1. The first-order valence-corrected chi connectivity index (χ1v) is 7.28. The third-order valence-corrected chi connectivity index (χ3v) is 4.03. The molecule has 1 unspecified atom stereocenters. The Hall–Kier alpha value is -0.850. The third kappa shape index (κ3) is 4.14. The van der Waals surface area contributed by atoms with E-state index in [1.807, 2.05) is 6.92 Å². The monoisotopic (exact) mass is 268 g/mol. The first-order chi connectivity index (χ1) is 8.24. The largest absolute Gasteiger partial charge is 0.311 e. The van der Waals surface area contributed by atoms with E-state index in [4.69, 9.17) is 0 Å². The van der Waals surface area contributed by atoms with Crippen molar-refractivity contribution >= 4 is 23.1 Å². The number of aromatic nitrogens is 3. The molecule has 1 atom stereocenters. The molecule has 0 spiro atoms. The lowest BCUT2D eigenvalue weighted by Crippen LogP contribution is -2.21. The second-order valence-electron chi connectivity index (χ2n) is 3.84. The zero-order valence-corrected chi connectivity index (χ0v) is 11.6. The Morgan fingerprint density at radius 3 is 3.12 bits per heavy atom. The van der Waals surface area contributed by atoms with Gasteiger partial charge in [-0.05, 0) is 18.4 Å². The lowest BCUT2D eigenvalue weighted by atomic mass is 10.4. The summed E-state index contributed by atoms with van der Waals surface area (Å²) in [7, 11) is 0. The average molecular weight is 268 g/mol. The highest BCUT2D eigenvalue weighted by Gasteiger charge is 2.07. The zero-order chi connectivity index (χ0) is 12.1. The van der Waals surface area contributed by atoms with E-state index in [9.17, 15) is 0 Å². The number of rotatable bonds is 6. The van der Waals surface area contributed by atoms with Gasteiger partial charge in [0.05, 0.1) is 0 Å². The summed E-state index contributed by atoms with van der Waals surface area (Å²) >= 11 is 3.47. The van der Waals surface area contributed by atoms with Gasteiger partial charge in [0.1, 0.15) is 5.82 Å². The summed E-state index contributed by atoms with van der Waals surface area (Å²) in [5.74, 6) is 0.867. The Morgan fingerprint density at radius 2 is 2.47 bits per heavy atom. The molecule has 0 saturated carbocycles. The molecule has 92 valence electrons. The molecular formula is C11H16N4S2. The zero-order valence-electron chi connectivity index (χ0n) is 9.93. The quantitative estimate of drug-likeness (QED) is 0.790. The van der Waals surface area contributed by atoms with Crippen molar-refractivity contribution in [2.75, 3.05) is 6.54 Å². The molecule has 2 aromatic heterocycles. The van der Waals surface area contributed by atoms with E-state index in [1.54, 1.807) is 23.1 Å². The van der Waals surface area contributed by atoms with E-state index >= 15 is 0 Å². The molecule has 0 fully saturated rings. The summed E-state index contributed by atoms with van der Waals surface area (Å²) in [6, 6.07) is 4.23. The van der Waals surface area contributed by atoms with Crippen LogP contribution in [0.3, 0.4) is 0 Å². The fourth-order valence-corrected chi connectivity index (χ4v) is 2.93. The topological polar surface area (TPSA) is 53.6 Å². The Morgan fingerprint density at radius 1 is 1.59 bits per heavy atom. The Kier molecular flexibility index (Phi) is 4.58. The van der Waals surface area contributed by atoms with E-state index in [2.05, 4.69) is 44.9 Å². The molecule has 0 aliphatic heterocycles. The number of aromatic amines is 1. The predicted molar refractivity (Wildman–Crippen MR) is 72.5 cm³/mol. The van der Waals surface area contributed by atoms with Crippen LogP contribution in [0.2, 0.25) is 0 Å². The lowest BCUT2D eigenvalue weighted by molar-refractivity contribution is 0.689. The third-order valence-electron chi connectivity index (χ3n) is 2.19. The normalized spacial score (nSPS) is 12.8. The van der Waals surface area contributed by atoms with Crippen LogP contribution in [0.4, 0.5) is 0 Å².